The van der Waals surface area contributed by atoms with Gasteiger partial charge in [-0.1, -0.05) is 17.7 Å². The number of carbonyl (C=O) groups is 1. The van der Waals surface area contributed by atoms with Gasteiger partial charge in [0.2, 0.25) is 5.88 Å². The fourth-order valence-electron chi connectivity index (χ4n) is 2.61. The fourth-order valence-corrected chi connectivity index (χ4v) is 2.83. The number of pyridine rings is 1. The number of methoxy groups -OCH3 is 1. The molecule has 0 spiro atoms. The minimum Gasteiger partial charge on any atom is -0.493 e. The highest BCUT2D eigenvalue weighted by Gasteiger charge is 2.16. The molecule has 30 heavy (non-hydrogen) atoms. The van der Waals surface area contributed by atoms with E-state index in [-0.39, 0.29) is 18.1 Å². The molecular weight excluding hydrogens is 406 g/mol. The van der Waals surface area contributed by atoms with Gasteiger partial charge in [0, 0.05) is 35.4 Å². The van der Waals surface area contributed by atoms with Crippen LogP contribution < -0.4 is 24.8 Å². The Morgan fingerprint density at radius 3 is 2.63 bits per heavy atom. The van der Waals surface area contributed by atoms with Gasteiger partial charge in [0.15, 0.2) is 18.1 Å². The molecule has 0 saturated carbocycles. The number of halogens is 1. The second-order valence-corrected chi connectivity index (χ2v) is 8.14. The minimum atomic E-state index is -0.319. The predicted octanol–water partition coefficient (Wildman–Crippen LogP) is 3.60. The number of nitrogens with one attached hydrogen (secondary N) is 2. The van der Waals surface area contributed by atoms with E-state index in [1.807, 2.05) is 45.0 Å². The van der Waals surface area contributed by atoms with Crippen LogP contribution in [0.4, 0.5) is 0 Å². The first kappa shape index (κ1) is 23.8. The maximum atomic E-state index is 12.0. The van der Waals surface area contributed by atoms with E-state index >= 15 is 0 Å². The van der Waals surface area contributed by atoms with Gasteiger partial charge in [-0.2, -0.15) is 0 Å². The number of hydrogen-bond donors (Lipinski definition) is 2. The third kappa shape index (κ3) is 8.47. The summed E-state index contributed by atoms with van der Waals surface area (Å²) in [5.74, 6) is 1.37. The molecule has 1 aromatic heterocycles. The van der Waals surface area contributed by atoms with Crippen molar-refractivity contribution in [1.82, 2.24) is 15.6 Å². The number of carbonyl (C=O) groups excluding carboxylic acids is 1. The topological polar surface area (TPSA) is 81.7 Å². The molecule has 0 unspecified atom stereocenters. The average Bonchev–Trinajstić information content (AvgIpc) is 2.69. The summed E-state index contributed by atoms with van der Waals surface area (Å²) < 4.78 is 16.6. The Morgan fingerprint density at radius 2 is 1.97 bits per heavy atom. The van der Waals surface area contributed by atoms with Crippen molar-refractivity contribution in [2.24, 2.45) is 0 Å². The summed E-state index contributed by atoms with van der Waals surface area (Å²) in [6.07, 6.45) is 2.53. The van der Waals surface area contributed by atoms with Crippen LogP contribution in [0.3, 0.4) is 0 Å². The number of benzene rings is 1. The van der Waals surface area contributed by atoms with Crippen molar-refractivity contribution in [3.8, 4) is 17.4 Å². The molecule has 0 fully saturated rings. The summed E-state index contributed by atoms with van der Waals surface area (Å²) in [5, 5.41) is 6.72. The van der Waals surface area contributed by atoms with E-state index in [0.29, 0.717) is 35.6 Å². The lowest BCUT2D eigenvalue weighted by atomic mass is 10.1. The number of ether oxygens (including phenoxy) is 3. The second-order valence-electron chi connectivity index (χ2n) is 7.73. The maximum absolute atomic E-state index is 12.0. The largest absolute Gasteiger partial charge is 0.493 e. The van der Waals surface area contributed by atoms with E-state index in [0.717, 1.165) is 18.5 Å². The van der Waals surface area contributed by atoms with Crippen molar-refractivity contribution >= 4 is 17.5 Å². The van der Waals surface area contributed by atoms with Crippen molar-refractivity contribution in [3.63, 3.8) is 0 Å². The molecule has 0 saturated heterocycles. The first-order valence-electron chi connectivity index (χ1n) is 9.83. The van der Waals surface area contributed by atoms with E-state index in [4.69, 9.17) is 25.8 Å². The summed E-state index contributed by atoms with van der Waals surface area (Å²) in [6.45, 7) is 7.53. The highest BCUT2D eigenvalue weighted by atomic mass is 35.5. The summed E-state index contributed by atoms with van der Waals surface area (Å²) in [6, 6.07) is 9.06. The SMILES string of the molecule is COc1cc(CNCCCOc2ccccn2)c(Cl)cc1OCC(=O)NC(C)(C)C. The van der Waals surface area contributed by atoms with Crippen LogP contribution in [0, 0.1) is 0 Å². The summed E-state index contributed by atoms with van der Waals surface area (Å²) in [4.78, 5) is 16.1. The molecule has 2 rings (SSSR count). The Morgan fingerprint density at radius 1 is 1.17 bits per heavy atom. The van der Waals surface area contributed by atoms with E-state index in [9.17, 15) is 4.79 Å². The highest BCUT2D eigenvalue weighted by Crippen LogP contribution is 2.33. The Labute approximate surface area is 183 Å². The molecule has 8 heteroatoms. The van der Waals surface area contributed by atoms with Crippen LogP contribution >= 0.6 is 11.6 Å². The Balaban J connectivity index is 1.80. The van der Waals surface area contributed by atoms with Crippen LogP contribution in [0.25, 0.3) is 0 Å². The molecule has 2 aromatic rings. The number of rotatable bonds is 11. The van der Waals surface area contributed by atoms with E-state index in [1.54, 1.807) is 19.4 Å². The van der Waals surface area contributed by atoms with Crippen molar-refractivity contribution < 1.29 is 19.0 Å². The van der Waals surface area contributed by atoms with Gasteiger partial charge in [-0.25, -0.2) is 4.98 Å². The lowest BCUT2D eigenvalue weighted by molar-refractivity contribution is -0.124. The first-order chi connectivity index (χ1) is 14.3. The zero-order valence-corrected chi connectivity index (χ0v) is 18.7. The summed E-state index contributed by atoms with van der Waals surface area (Å²) in [7, 11) is 1.55. The van der Waals surface area contributed by atoms with Gasteiger partial charge in [0.05, 0.1) is 13.7 Å². The normalized spacial score (nSPS) is 11.1. The number of hydrogen-bond acceptors (Lipinski definition) is 6. The molecule has 0 aliphatic carbocycles. The van der Waals surface area contributed by atoms with E-state index in [1.165, 1.54) is 0 Å². The van der Waals surface area contributed by atoms with Gasteiger partial charge in [-0.3, -0.25) is 4.79 Å². The lowest BCUT2D eigenvalue weighted by Gasteiger charge is -2.21. The molecule has 164 valence electrons. The molecule has 1 aromatic carbocycles. The zero-order valence-electron chi connectivity index (χ0n) is 18.0. The van der Waals surface area contributed by atoms with Crippen LogP contribution in [0.2, 0.25) is 5.02 Å². The standard InChI is InChI=1S/C22H30ClN3O4/c1-22(2,3)26-20(27)15-30-19-13-17(23)16(12-18(19)28-4)14-24-9-7-11-29-21-8-5-6-10-25-21/h5-6,8,10,12-13,24H,7,9,11,14-15H2,1-4H3,(H,26,27). The fraction of sp³-hybridized carbons (Fsp3) is 0.455. The molecule has 1 heterocycles. The zero-order chi connectivity index (χ0) is 22.0. The second kappa shape index (κ2) is 11.6. The maximum Gasteiger partial charge on any atom is 0.258 e. The molecule has 0 aliphatic rings. The number of nitrogens with zero attached hydrogens (tertiary/aromatic N) is 1. The predicted molar refractivity (Wildman–Crippen MR) is 117 cm³/mol. The monoisotopic (exact) mass is 435 g/mol. The Kier molecular flexibility index (Phi) is 9.20. The van der Waals surface area contributed by atoms with Crippen LogP contribution in [-0.2, 0) is 11.3 Å². The van der Waals surface area contributed by atoms with E-state index < -0.39 is 0 Å². The van der Waals surface area contributed by atoms with Gasteiger partial charge in [0.25, 0.3) is 5.91 Å². The van der Waals surface area contributed by atoms with Crippen LogP contribution in [0.1, 0.15) is 32.8 Å². The molecule has 2 N–H and O–H groups in total. The quantitative estimate of drug-likeness (QED) is 0.525. The average molecular weight is 436 g/mol. The molecule has 0 atom stereocenters. The highest BCUT2D eigenvalue weighted by molar-refractivity contribution is 6.31. The Hall–Kier alpha value is -2.51. The summed E-state index contributed by atoms with van der Waals surface area (Å²) in [5.41, 5.74) is 0.561. The van der Waals surface area contributed by atoms with Gasteiger partial charge in [-0.05, 0) is 51.4 Å². The number of aromatic nitrogens is 1. The molecule has 0 aliphatic heterocycles. The number of amides is 1. The van der Waals surface area contributed by atoms with E-state index in [2.05, 4.69) is 15.6 Å². The lowest BCUT2D eigenvalue weighted by Crippen LogP contribution is -2.43. The minimum absolute atomic E-state index is 0.113. The smallest absolute Gasteiger partial charge is 0.258 e. The molecular formula is C22H30ClN3O4. The van der Waals surface area contributed by atoms with Crippen molar-refractivity contribution in [2.75, 3.05) is 26.9 Å². The first-order valence-corrected chi connectivity index (χ1v) is 10.2. The van der Waals surface area contributed by atoms with Crippen molar-refractivity contribution in [2.45, 2.75) is 39.3 Å². The van der Waals surface area contributed by atoms with Gasteiger partial charge in [-0.15, -0.1) is 0 Å². The van der Waals surface area contributed by atoms with Crippen LogP contribution in [0.15, 0.2) is 36.5 Å². The van der Waals surface area contributed by atoms with Crippen molar-refractivity contribution in [3.05, 3.63) is 47.1 Å². The Bertz CT molecular complexity index is 810. The third-order valence-corrected chi connectivity index (χ3v) is 4.26. The van der Waals surface area contributed by atoms with Gasteiger partial charge in [0.1, 0.15) is 0 Å². The summed E-state index contributed by atoms with van der Waals surface area (Å²) >= 11 is 6.39. The van der Waals surface area contributed by atoms with Gasteiger partial charge < -0.3 is 24.8 Å². The molecule has 1 amide bonds. The van der Waals surface area contributed by atoms with Gasteiger partial charge >= 0.3 is 0 Å². The molecule has 7 nitrogen and oxygen atoms in total. The van der Waals surface area contributed by atoms with Crippen molar-refractivity contribution in [1.29, 1.82) is 0 Å². The van der Waals surface area contributed by atoms with Crippen LogP contribution in [0.5, 0.6) is 17.4 Å². The molecule has 0 bridgehead atoms. The third-order valence-electron chi connectivity index (χ3n) is 3.91. The van der Waals surface area contributed by atoms with Crippen LogP contribution in [-0.4, -0.2) is 43.3 Å². The molecule has 0 radical (unpaired) electrons.